The van der Waals surface area contributed by atoms with Crippen molar-refractivity contribution < 1.29 is 36.7 Å². The molecule has 2 bridgehead atoms. The average Bonchev–Trinajstić information content (AvgIpc) is 2.98. The minimum Gasteiger partial charge on any atom is -0.750 e. The van der Waals surface area contributed by atoms with Gasteiger partial charge in [-0.25, -0.2) is 13.8 Å². The lowest BCUT2D eigenvalue weighted by Gasteiger charge is -2.27. The number of fused-ring (bicyclic) bond motifs is 2. The third kappa shape index (κ3) is 3.42. The van der Waals surface area contributed by atoms with Gasteiger partial charge in [0.15, 0.2) is 12.7 Å². The quantitative estimate of drug-likeness (QED) is 0.362. The second-order valence-corrected chi connectivity index (χ2v) is 4.92. The third-order valence-electron chi connectivity index (χ3n) is 3.10. The van der Waals surface area contributed by atoms with Gasteiger partial charge in [0.05, 0.1) is 23.6 Å². The molecule has 2 rings (SSSR count). The van der Waals surface area contributed by atoms with Crippen LogP contribution in [0.3, 0.4) is 0 Å². The van der Waals surface area contributed by atoms with Gasteiger partial charge in [0.2, 0.25) is 0 Å². The molecular formula is C11H13O8S-. The van der Waals surface area contributed by atoms with Crippen molar-refractivity contribution in [3.8, 4) is 0 Å². The monoisotopic (exact) mass is 305 g/mol. The molecule has 5 unspecified atom stereocenters. The fraction of sp³-hybridized carbons (Fsp3) is 0.636. The summed E-state index contributed by atoms with van der Waals surface area (Å²) in [5, 5.41) is 0. The molecule has 5 atom stereocenters. The van der Waals surface area contributed by atoms with Crippen LogP contribution in [0.4, 0.5) is 0 Å². The largest absolute Gasteiger partial charge is 0.750 e. The highest BCUT2D eigenvalue weighted by molar-refractivity contribution is 7.74. The smallest absolute Gasteiger partial charge is 0.344 e. The van der Waals surface area contributed by atoms with Crippen LogP contribution in [0.15, 0.2) is 12.7 Å². The molecule has 2 saturated heterocycles. The van der Waals surface area contributed by atoms with Crippen molar-refractivity contribution in [2.45, 2.75) is 37.3 Å². The van der Waals surface area contributed by atoms with Crippen molar-refractivity contribution in [2.75, 3.05) is 6.61 Å². The summed E-state index contributed by atoms with van der Waals surface area (Å²) < 4.78 is 41.0. The highest BCUT2D eigenvalue weighted by Crippen LogP contribution is 2.38. The Morgan fingerprint density at radius 3 is 2.60 bits per heavy atom. The first kappa shape index (κ1) is 15.1. The zero-order valence-electron chi connectivity index (χ0n) is 10.4. The van der Waals surface area contributed by atoms with Gasteiger partial charge >= 0.3 is 11.9 Å². The van der Waals surface area contributed by atoms with Crippen molar-refractivity contribution in [1.29, 1.82) is 0 Å². The van der Waals surface area contributed by atoms with Gasteiger partial charge in [-0.1, -0.05) is 6.58 Å². The van der Waals surface area contributed by atoms with Crippen molar-refractivity contribution in [3.05, 3.63) is 12.7 Å². The van der Waals surface area contributed by atoms with Gasteiger partial charge in [0.25, 0.3) is 0 Å². The van der Waals surface area contributed by atoms with Gasteiger partial charge in [-0.2, -0.15) is 0 Å². The molecule has 0 saturated carbocycles. The molecule has 2 heterocycles. The molecule has 0 aromatic heterocycles. The molecule has 8 nitrogen and oxygen atoms in total. The van der Waals surface area contributed by atoms with Gasteiger partial charge in [-0.15, -0.1) is 0 Å². The van der Waals surface area contributed by atoms with E-state index >= 15 is 0 Å². The number of carbonyl (C=O) groups excluding carboxylic acids is 2. The maximum atomic E-state index is 11.5. The Kier molecular flexibility index (Phi) is 4.86. The van der Waals surface area contributed by atoms with Crippen LogP contribution in [0.1, 0.15) is 12.8 Å². The van der Waals surface area contributed by atoms with E-state index in [0.29, 0.717) is 12.8 Å². The predicted octanol–water partition coefficient (Wildman–Crippen LogP) is -0.632. The topological polar surface area (TPSA) is 111 Å². The lowest BCUT2D eigenvalue weighted by atomic mass is 9.95. The van der Waals surface area contributed by atoms with E-state index in [0.717, 1.165) is 6.08 Å². The summed E-state index contributed by atoms with van der Waals surface area (Å²) in [4.78, 5) is 22.3. The van der Waals surface area contributed by atoms with Crippen LogP contribution in [0.5, 0.6) is 0 Å². The Labute approximate surface area is 117 Å². The molecule has 0 N–H and O–H groups in total. The highest BCUT2D eigenvalue weighted by Gasteiger charge is 2.52. The first-order chi connectivity index (χ1) is 9.51. The summed E-state index contributed by atoms with van der Waals surface area (Å²) >= 11 is -2.73. The Morgan fingerprint density at radius 1 is 1.35 bits per heavy atom. The van der Waals surface area contributed by atoms with E-state index in [4.69, 9.17) is 13.7 Å². The first-order valence-electron chi connectivity index (χ1n) is 5.91. The SMILES string of the molecule is C=CC(=O)OCC(=O)OC1C2CCC(O2)C1OS(=O)[O-]. The molecule has 2 aliphatic rings. The van der Waals surface area contributed by atoms with Crippen molar-refractivity contribution in [1.82, 2.24) is 0 Å². The summed E-state index contributed by atoms with van der Waals surface area (Å²) in [7, 11) is 0. The fourth-order valence-electron chi connectivity index (χ4n) is 2.32. The van der Waals surface area contributed by atoms with Crippen LogP contribution < -0.4 is 0 Å². The van der Waals surface area contributed by atoms with Gasteiger partial charge < -0.3 is 18.8 Å². The van der Waals surface area contributed by atoms with Crippen LogP contribution in [0, 0.1) is 0 Å². The molecule has 2 fully saturated rings. The lowest BCUT2D eigenvalue weighted by Crippen LogP contribution is -2.43. The Balaban J connectivity index is 1.89. The van der Waals surface area contributed by atoms with E-state index in [9.17, 15) is 18.4 Å². The summed E-state index contributed by atoms with van der Waals surface area (Å²) in [6.07, 6.45) is -0.265. The molecule has 0 amide bonds. The number of ether oxygens (including phenoxy) is 3. The average molecular weight is 305 g/mol. The summed E-state index contributed by atoms with van der Waals surface area (Å²) in [5.74, 6) is -1.55. The minimum atomic E-state index is -2.73. The molecule has 2 aliphatic heterocycles. The zero-order valence-corrected chi connectivity index (χ0v) is 11.2. The number of carbonyl (C=O) groups is 2. The molecule has 20 heavy (non-hydrogen) atoms. The summed E-state index contributed by atoms with van der Waals surface area (Å²) in [5.41, 5.74) is 0. The van der Waals surface area contributed by atoms with Gasteiger partial charge in [0.1, 0.15) is 6.10 Å². The van der Waals surface area contributed by atoms with Crippen molar-refractivity contribution in [3.63, 3.8) is 0 Å². The molecule has 0 radical (unpaired) electrons. The highest BCUT2D eigenvalue weighted by atomic mass is 32.2. The number of esters is 2. The lowest BCUT2D eigenvalue weighted by molar-refractivity contribution is -0.164. The summed E-state index contributed by atoms with van der Waals surface area (Å²) in [6.45, 7) is 2.61. The maximum Gasteiger partial charge on any atom is 0.344 e. The standard InChI is InChI=1S/C11H14O8S/c1-2-8(12)16-5-9(13)18-10-6-3-4-7(17-6)11(10)19-20(14)15/h2,6-7,10-11H,1,3-5H2,(H,14,15)/p-1. The minimum absolute atomic E-state index is 0.396. The molecular weight excluding hydrogens is 292 g/mol. The van der Waals surface area contributed by atoms with Crippen molar-refractivity contribution >= 4 is 23.3 Å². The number of rotatable bonds is 6. The summed E-state index contributed by atoms with van der Waals surface area (Å²) in [6, 6.07) is 0. The van der Waals surface area contributed by atoms with Gasteiger partial charge in [-0.3, -0.25) is 4.18 Å². The Morgan fingerprint density at radius 2 is 2.00 bits per heavy atom. The maximum absolute atomic E-state index is 11.5. The number of hydrogen-bond acceptors (Lipinski definition) is 8. The Bertz CT molecular complexity index is 436. The van der Waals surface area contributed by atoms with Crippen molar-refractivity contribution in [2.24, 2.45) is 0 Å². The fourth-order valence-corrected chi connectivity index (χ4v) is 2.74. The zero-order chi connectivity index (χ0) is 14.7. The van der Waals surface area contributed by atoms with E-state index in [1.807, 2.05) is 0 Å². The van der Waals surface area contributed by atoms with E-state index in [-0.39, 0.29) is 0 Å². The Hall–Kier alpha value is -1.29. The van der Waals surface area contributed by atoms with Crippen LogP contribution in [-0.2, 0) is 39.3 Å². The number of hydrogen-bond donors (Lipinski definition) is 0. The van der Waals surface area contributed by atoms with Crippen LogP contribution >= 0.6 is 0 Å². The third-order valence-corrected chi connectivity index (χ3v) is 3.48. The predicted molar refractivity (Wildman–Crippen MR) is 62.7 cm³/mol. The molecule has 0 aromatic rings. The molecule has 9 heteroatoms. The molecule has 112 valence electrons. The molecule has 0 spiro atoms. The molecule has 0 aromatic carbocycles. The van der Waals surface area contributed by atoms with E-state index in [1.54, 1.807) is 0 Å². The van der Waals surface area contributed by atoms with Gasteiger partial charge in [-0.05, 0) is 12.8 Å². The van der Waals surface area contributed by atoms with Crippen LogP contribution in [0.25, 0.3) is 0 Å². The molecule has 0 aliphatic carbocycles. The second-order valence-electron chi connectivity index (χ2n) is 4.32. The van der Waals surface area contributed by atoms with E-state index in [2.05, 4.69) is 11.3 Å². The van der Waals surface area contributed by atoms with E-state index < -0.39 is 54.3 Å². The van der Waals surface area contributed by atoms with Gasteiger partial charge in [0, 0.05) is 6.08 Å². The van der Waals surface area contributed by atoms with Crippen LogP contribution in [0.2, 0.25) is 0 Å². The normalized spacial score (nSPS) is 32.6. The van der Waals surface area contributed by atoms with Crippen LogP contribution in [-0.4, -0.2) is 51.7 Å². The van der Waals surface area contributed by atoms with E-state index in [1.165, 1.54) is 0 Å². The first-order valence-corrected chi connectivity index (χ1v) is 6.91. The second kappa shape index (κ2) is 6.44.